The average Bonchev–Trinajstić information content (AvgIpc) is 3.44. The van der Waals surface area contributed by atoms with E-state index in [9.17, 15) is 19.1 Å². The number of hydrogen-bond acceptors (Lipinski definition) is 10. The number of likely N-dealkylation sites (N-methyl/N-ethyl adjacent to an activating group) is 1. The highest BCUT2D eigenvalue weighted by Gasteiger charge is 2.45. The van der Waals surface area contributed by atoms with Crippen molar-refractivity contribution in [3.8, 4) is 17.0 Å². The van der Waals surface area contributed by atoms with Crippen molar-refractivity contribution in [1.82, 2.24) is 30.0 Å². The molecule has 0 radical (unpaired) electrons. The number of aliphatic hydroxyl groups excluding tert-OH is 1. The molecule has 238 valence electrons. The van der Waals surface area contributed by atoms with Crippen LogP contribution in [-0.4, -0.2) is 74.8 Å². The van der Waals surface area contributed by atoms with Crippen molar-refractivity contribution < 1.29 is 28.6 Å². The number of hydrogen-bond donors (Lipinski definition) is 4. The molecule has 45 heavy (non-hydrogen) atoms. The van der Waals surface area contributed by atoms with Gasteiger partial charge < -0.3 is 35.8 Å². The van der Waals surface area contributed by atoms with Gasteiger partial charge >= 0.3 is 6.09 Å². The first-order chi connectivity index (χ1) is 21.4. The highest BCUT2D eigenvalue weighted by atomic mass is 19.1. The number of nitrogen functional groups attached to an aromatic ring is 1. The van der Waals surface area contributed by atoms with Crippen molar-refractivity contribution in [2.24, 2.45) is 0 Å². The van der Waals surface area contributed by atoms with E-state index < -0.39 is 29.2 Å². The molecule has 2 atom stereocenters. The van der Waals surface area contributed by atoms with Gasteiger partial charge in [0.05, 0.1) is 43.1 Å². The lowest BCUT2D eigenvalue weighted by atomic mass is 9.87. The highest BCUT2D eigenvalue weighted by molar-refractivity contribution is 5.91. The number of nitrogens with two attached hydrogens (primary N) is 1. The number of methoxy groups -OCH3 is 1. The van der Waals surface area contributed by atoms with Crippen molar-refractivity contribution in [1.29, 1.82) is 0 Å². The number of piperidine rings is 1. The number of carbonyl (C=O) groups is 2. The number of nitrogens with one attached hydrogen (secondary N) is 2. The van der Waals surface area contributed by atoms with E-state index in [0.29, 0.717) is 53.2 Å². The fraction of sp³-hybridized carbons (Fsp3) is 0.387. The summed E-state index contributed by atoms with van der Waals surface area (Å²) >= 11 is 0. The number of benzene rings is 1. The van der Waals surface area contributed by atoms with E-state index in [0.717, 1.165) is 0 Å². The van der Waals surface area contributed by atoms with Gasteiger partial charge in [0, 0.05) is 37.1 Å². The number of amides is 2. The van der Waals surface area contributed by atoms with Crippen molar-refractivity contribution in [2.45, 2.75) is 50.9 Å². The lowest BCUT2D eigenvalue weighted by Crippen LogP contribution is -2.66. The number of fused-ring (bicyclic) bond motifs is 1. The zero-order chi connectivity index (χ0) is 32.5. The molecule has 14 heteroatoms. The third-order valence-electron chi connectivity index (χ3n) is 7.66. The fourth-order valence-electron chi connectivity index (χ4n) is 5.59. The molecule has 4 aromatic rings. The van der Waals surface area contributed by atoms with E-state index in [1.54, 1.807) is 49.7 Å². The number of alkyl carbamates (subject to hydrolysis) is 1. The molecular weight excluding hydrogens is 583 g/mol. The molecule has 0 aliphatic carbocycles. The van der Waals surface area contributed by atoms with E-state index in [1.807, 2.05) is 4.90 Å². The number of carbonyl (C=O) groups excluding carboxylic acids is 2. The first-order valence-corrected chi connectivity index (χ1v) is 14.4. The number of rotatable bonds is 7. The summed E-state index contributed by atoms with van der Waals surface area (Å²) in [5.74, 6) is -0.667. The zero-order valence-corrected chi connectivity index (χ0v) is 25.8. The van der Waals surface area contributed by atoms with Crippen LogP contribution in [0.3, 0.4) is 0 Å². The summed E-state index contributed by atoms with van der Waals surface area (Å²) < 4.78 is 26.9. The van der Waals surface area contributed by atoms with E-state index in [-0.39, 0.29) is 24.0 Å². The summed E-state index contributed by atoms with van der Waals surface area (Å²) in [6.07, 6.45) is 5.13. The Morgan fingerprint density at radius 1 is 1.18 bits per heavy atom. The molecular formula is C31H37FN8O5. The number of pyridine rings is 1. The van der Waals surface area contributed by atoms with Crippen molar-refractivity contribution >= 4 is 29.2 Å². The largest absolute Gasteiger partial charge is 0.494 e. The number of aliphatic hydroxyl groups is 1. The fourth-order valence-corrected chi connectivity index (χ4v) is 5.59. The molecule has 1 saturated heterocycles. The zero-order valence-electron chi connectivity index (χ0n) is 25.8. The summed E-state index contributed by atoms with van der Waals surface area (Å²) in [6, 6.07) is 6.15. The van der Waals surface area contributed by atoms with Crippen molar-refractivity contribution in [2.75, 3.05) is 37.9 Å². The molecule has 3 aromatic heterocycles. The normalized spacial score (nSPS) is 17.5. The number of aromatic nitrogens is 4. The minimum atomic E-state index is -1.33. The predicted molar refractivity (Wildman–Crippen MR) is 165 cm³/mol. The summed E-state index contributed by atoms with van der Waals surface area (Å²) in [7, 11) is 2.89. The molecule has 0 spiro atoms. The van der Waals surface area contributed by atoms with E-state index >= 15 is 0 Å². The summed E-state index contributed by atoms with van der Waals surface area (Å²) in [5.41, 5.74) is 6.47. The summed E-state index contributed by atoms with van der Waals surface area (Å²) in [5, 5.41) is 17.4. The molecule has 2 amide bonds. The van der Waals surface area contributed by atoms with Gasteiger partial charge in [-0.2, -0.15) is 0 Å². The van der Waals surface area contributed by atoms with Gasteiger partial charge in [-0.25, -0.2) is 19.2 Å². The second kappa shape index (κ2) is 12.2. The number of ether oxygens (including phenoxy) is 2. The van der Waals surface area contributed by atoms with Gasteiger partial charge in [-0.15, -0.1) is 0 Å². The topological polar surface area (TPSA) is 169 Å². The molecule has 1 aliphatic heterocycles. The molecule has 2 unspecified atom stereocenters. The van der Waals surface area contributed by atoms with Crippen molar-refractivity contribution in [3.05, 3.63) is 66.1 Å². The highest BCUT2D eigenvalue weighted by Crippen LogP contribution is 2.37. The van der Waals surface area contributed by atoms with Gasteiger partial charge in [0.25, 0.3) is 0 Å². The molecule has 0 saturated carbocycles. The van der Waals surface area contributed by atoms with Gasteiger partial charge in [-0.1, -0.05) is 0 Å². The molecule has 5 N–H and O–H groups in total. The Kier molecular flexibility index (Phi) is 8.52. The van der Waals surface area contributed by atoms with Gasteiger partial charge in [0.1, 0.15) is 17.2 Å². The van der Waals surface area contributed by atoms with Gasteiger partial charge in [0.2, 0.25) is 5.91 Å². The Morgan fingerprint density at radius 3 is 2.64 bits per heavy atom. The van der Waals surface area contributed by atoms with E-state index in [1.165, 1.54) is 38.7 Å². The van der Waals surface area contributed by atoms with E-state index in [4.69, 9.17) is 15.2 Å². The van der Waals surface area contributed by atoms with Gasteiger partial charge in [-0.05, 0) is 57.9 Å². The van der Waals surface area contributed by atoms with Crippen molar-refractivity contribution in [3.63, 3.8) is 0 Å². The SMILES string of the molecule is CNC(=O)C1(NC(=O)OC(C)(C)C)CCCN(c2cnc(-c3ccc(OC)c(F)c3)cc2C(O)c2cnc3c(N)nccn23)C1. The number of nitrogens with zero attached hydrogens (tertiary/aromatic N) is 5. The first kappa shape index (κ1) is 31.4. The average molecular weight is 621 g/mol. The van der Waals surface area contributed by atoms with Crippen LogP contribution in [0.1, 0.15) is 51.0 Å². The molecule has 1 aromatic carbocycles. The maximum Gasteiger partial charge on any atom is 0.408 e. The minimum absolute atomic E-state index is 0.0633. The Labute approximate surface area is 259 Å². The Balaban J connectivity index is 1.60. The second-order valence-corrected chi connectivity index (χ2v) is 11.9. The van der Waals surface area contributed by atoms with Crippen LogP contribution < -0.4 is 26.0 Å². The lowest BCUT2D eigenvalue weighted by Gasteiger charge is -2.43. The van der Waals surface area contributed by atoms with Crippen LogP contribution in [0.15, 0.2) is 49.1 Å². The third-order valence-corrected chi connectivity index (χ3v) is 7.66. The standard InChI is InChI=1S/C31H37FN8O5/c1-30(2,3)45-29(43)38-31(28(42)34-4)9-6-11-39(17-31)22-15-36-21(18-7-8-24(44-5)20(32)13-18)14-19(22)25(41)23-16-37-27-26(33)35-10-12-40(23)27/h7-8,10,12-16,25,41H,6,9,11,17H2,1-5H3,(H2,33,35)(H,34,42)(H,38,43). The summed E-state index contributed by atoms with van der Waals surface area (Å²) in [4.78, 5) is 41.2. The first-order valence-electron chi connectivity index (χ1n) is 14.4. The van der Waals surface area contributed by atoms with Crippen LogP contribution in [0.25, 0.3) is 16.9 Å². The van der Waals surface area contributed by atoms with Gasteiger partial charge in [-0.3, -0.25) is 14.2 Å². The monoisotopic (exact) mass is 620 g/mol. The van der Waals surface area contributed by atoms with Crippen LogP contribution in [0, 0.1) is 5.82 Å². The van der Waals surface area contributed by atoms with Crippen LogP contribution in [0.5, 0.6) is 5.75 Å². The predicted octanol–water partition coefficient (Wildman–Crippen LogP) is 3.21. The second-order valence-electron chi connectivity index (χ2n) is 11.9. The quantitative estimate of drug-likeness (QED) is 0.241. The Bertz CT molecular complexity index is 1740. The molecule has 4 heterocycles. The molecule has 1 aliphatic rings. The maximum absolute atomic E-state index is 14.7. The molecule has 0 bridgehead atoms. The van der Waals surface area contributed by atoms with Crippen LogP contribution in [-0.2, 0) is 9.53 Å². The summed E-state index contributed by atoms with van der Waals surface area (Å²) in [6.45, 7) is 5.79. The molecule has 5 rings (SSSR count). The Hall–Kier alpha value is -4.98. The maximum atomic E-state index is 14.7. The van der Waals surface area contributed by atoms with Gasteiger partial charge in [0.15, 0.2) is 23.0 Å². The number of halogens is 1. The third kappa shape index (κ3) is 6.32. The number of imidazole rings is 1. The van der Waals surface area contributed by atoms with E-state index in [2.05, 4.69) is 25.6 Å². The smallest absolute Gasteiger partial charge is 0.408 e. The minimum Gasteiger partial charge on any atom is -0.494 e. The molecule has 1 fully saturated rings. The number of anilines is 2. The lowest BCUT2D eigenvalue weighted by molar-refractivity contribution is -0.127. The molecule has 13 nitrogen and oxygen atoms in total. The Morgan fingerprint density at radius 2 is 1.96 bits per heavy atom. The van der Waals surface area contributed by atoms with Crippen LogP contribution in [0.4, 0.5) is 20.7 Å². The van der Waals surface area contributed by atoms with Crippen LogP contribution >= 0.6 is 0 Å². The van der Waals surface area contributed by atoms with Crippen LogP contribution in [0.2, 0.25) is 0 Å².